The Kier molecular flexibility index (Phi) is 6.43. The monoisotopic (exact) mass is 604 g/mol. The molecule has 0 spiro atoms. The molecule has 0 amide bonds. The molecule has 0 aliphatic heterocycles. The normalized spacial score (nSPS) is 11.4. The van der Waals surface area contributed by atoms with Crippen molar-refractivity contribution in [2.45, 2.75) is 0 Å². The van der Waals surface area contributed by atoms with Crippen LogP contribution in [0.25, 0.3) is 66.6 Å². The molecule has 4 nitrogen and oxygen atoms in total. The molecule has 222 valence electrons. The van der Waals surface area contributed by atoms with Crippen LogP contribution in [0.2, 0.25) is 0 Å². The third-order valence-electron chi connectivity index (χ3n) is 8.73. The zero-order valence-electron chi connectivity index (χ0n) is 25.4. The molecule has 0 aliphatic rings. The molecule has 0 bridgehead atoms. The number of fused-ring (bicyclic) bond motifs is 3. The van der Waals surface area contributed by atoms with Crippen molar-refractivity contribution in [2.75, 3.05) is 4.90 Å². The van der Waals surface area contributed by atoms with E-state index in [-0.39, 0.29) is 0 Å². The molecular formula is C43H28N2O2. The van der Waals surface area contributed by atoms with Gasteiger partial charge in [-0.3, -0.25) is 4.98 Å². The van der Waals surface area contributed by atoms with Crippen LogP contribution < -0.4 is 4.90 Å². The van der Waals surface area contributed by atoms with Crippen LogP contribution in [0, 0.1) is 0 Å². The fourth-order valence-electron chi connectivity index (χ4n) is 6.30. The second kappa shape index (κ2) is 11.2. The Labute approximate surface area is 271 Å². The SMILES string of the molecule is c1cnc2ccc(-c3ccc(N(c4ccc(-c5cc6ccccc6o5)cc4)c4ccc(-c5cc6ccccc6o5)cc4)cc3)cc2c1. The van der Waals surface area contributed by atoms with Crippen LogP contribution in [0.5, 0.6) is 0 Å². The zero-order chi connectivity index (χ0) is 31.2. The predicted molar refractivity (Wildman–Crippen MR) is 192 cm³/mol. The van der Waals surface area contributed by atoms with Crippen LogP contribution in [-0.4, -0.2) is 4.98 Å². The Bertz CT molecular complexity index is 2320. The fourth-order valence-corrected chi connectivity index (χ4v) is 6.30. The summed E-state index contributed by atoms with van der Waals surface area (Å²) < 4.78 is 12.3. The van der Waals surface area contributed by atoms with Crippen LogP contribution in [0.4, 0.5) is 17.1 Å². The van der Waals surface area contributed by atoms with E-state index >= 15 is 0 Å². The minimum Gasteiger partial charge on any atom is -0.456 e. The van der Waals surface area contributed by atoms with Crippen molar-refractivity contribution in [1.82, 2.24) is 4.98 Å². The molecule has 9 aromatic rings. The van der Waals surface area contributed by atoms with Crippen LogP contribution >= 0.6 is 0 Å². The highest BCUT2D eigenvalue weighted by molar-refractivity contribution is 5.87. The third-order valence-corrected chi connectivity index (χ3v) is 8.73. The largest absolute Gasteiger partial charge is 0.456 e. The number of hydrogen-bond donors (Lipinski definition) is 0. The molecule has 0 aliphatic carbocycles. The van der Waals surface area contributed by atoms with E-state index in [4.69, 9.17) is 8.83 Å². The summed E-state index contributed by atoms with van der Waals surface area (Å²) >= 11 is 0. The molecule has 47 heavy (non-hydrogen) atoms. The van der Waals surface area contributed by atoms with E-state index in [1.807, 2.05) is 48.7 Å². The zero-order valence-corrected chi connectivity index (χ0v) is 25.4. The summed E-state index contributed by atoms with van der Waals surface area (Å²) in [6.45, 7) is 0. The summed E-state index contributed by atoms with van der Waals surface area (Å²) in [7, 11) is 0. The van der Waals surface area contributed by atoms with Gasteiger partial charge >= 0.3 is 0 Å². The molecule has 3 aromatic heterocycles. The van der Waals surface area contributed by atoms with Gasteiger partial charge in [-0.1, -0.05) is 60.7 Å². The summed E-state index contributed by atoms with van der Waals surface area (Å²) in [4.78, 5) is 6.75. The van der Waals surface area contributed by atoms with Gasteiger partial charge in [0.1, 0.15) is 22.7 Å². The fraction of sp³-hybridized carbons (Fsp3) is 0. The number of para-hydroxylation sites is 2. The molecule has 0 saturated heterocycles. The summed E-state index contributed by atoms with van der Waals surface area (Å²) in [6.07, 6.45) is 1.83. The van der Waals surface area contributed by atoms with Crippen molar-refractivity contribution in [3.63, 3.8) is 0 Å². The lowest BCUT2D eigenvalue weighted by molar-refractivity contribution is 0.631. The summed E-state index contributed by atoms with van der Waals surface area (Å²) in [5, 5.41) is 3.32. The quantitative estimate of drug-likeness (QED) is 0.189. The van der Waals surface area contributed by atoms with Crippen molar-refractivity contribution in [3.8, 4) is 33.8 Å². The standard InChI is InChI=1S/C43H28N2O2/c1-3-9-40-34(6-1)27-42(46-40)30-13-20-37(21-14-30)45(38-22-15-31(16-23-38)43-28-35-7-2-4-10-41(35)47-43)36-18-11-29(12-19-36)32-17-24-39-33(26-32)8-5-25-44-39/h1-28H. The molecule has 0 radical (unpaired) electrons. The van der Waals surface area contributed by atoms with Gasteiger partial charge in [0.15, 0.2) is 0 Å². The summed E-state index contributed by atoms with van der Waals surface area (Å²) in [6, 6.07) is 56.8. The topological polar surface area (TPSA) is 42.4 Å². The van der Waals surface area contributed by atoms with E-state index < -0.39 is 0 Å². The van der Waals surface area contributed by atoms with Crippen LogP contribution in [-0.2, 0) is 0 Å². The van der Waals surface area contributed by atoms with Gasteiger partial charge in [-0.05, 0) is 114 Å². The van der Waals surface area contributed by atoms with Crippen LogP contribution in [0.15, 0.2) is 179 Å². The minimum absolute atomic E-state index is 0.856. The van der Waals surface area contributed by atoms with Gasteiger partial charge < -0.3 is 13.7 Å². The number of hydrogen-bond acceptors (Lipinski definition) is 4. The lowest BCUT2D eigenvalue weighted by atomic mass is 10.0. The maximum absolute atomic E-state index is 6.16. The van der Waals surface area contributed by atoms with E-state index in [1.54, 1.807) is 0 Å². The van der Waals surface area contributed by atoms with Gasteiger partial charge in [0.25, 0.3) is 0 Å². The van der Waals surface area contributed by atoms with Crippen molar-refractivity contribution in [3.05, 3.63) is 170 Å². The first-order chi connectivity index (χ1) is 23.2. The highest BCUT2D eigenvalue weighted by Gasteiger charge is 2.15. The summed E-state index contributed by atoms with van der Waals surface area (Å²) in [5.41, 5.74) is 10.3. The lowest BCUT2D eigenvalue weighted by Crippen LogP contribution is -2.09. The highest BCUT2D eigenvalue weighted by atomic mass is 16.3. The third kappa shape index (κ3) is 5.02. The van der Waals surface area contributed by atoms with Gasteiger partial charge in [0.2, 0.25) is 0 Å². The number of furan rings is 2. The van der Waals surface area contributed by atoms with Gasteiger partial charge in [0, 0.05) is 50.5 Å². The Balaban J connectivity index is 1.09. The van der Waals surface area contributed by atoms with Crippen molar-refractivity contribution >= 4 is 49.9 Å². The van der Waals surface area contributed by atoms with E-state index in [0.717, 1.165) is 83.7 Å². The molecule has 0 saturated carbocycles. The number of aromatic nitrogens is 1. The molecule has 3 heterocycles. The number of pyridine rings is 1. The Morgan fingerprint density at radius 3 is 1.38 bits per heavy atom. The molecule has 0 atom stereocenters. The van der Waals surface area contributed by atoms with E-state index in [9.17, 15) is 0 Å². The van der Waals surface area contributed by atoms with Crippen molar-refractivity contribution < 1.29 is 8.83 Å². The maximum Gasteiger partial charge on any atom is 0.135 e. The van der Waals surface area contributed by atoms with E-state index in [1.165, 1.54) is 0 Å². The molecule has 0 fully saturated rings. The molecule has 9 rings (SSSR count). The van der Waals surface area contributed by atoms with Gasteiger partial charge in [-0.15, -0.1) is 0 Å². The predicted octanol–water partition coefficient (Wildman–Crippen LogP) is 12.2. The van der Waals surface area contributed by atoms with Crippen molar-refractivity contribution in [1.29, 1.82) is 0 Å². The first kappa shape index (κ1) is 27.0. The second-order valence-corrected chi connectivity index (χ2v) is 11.7. The first-order valence-corrected chi connectivity index (χ1v) is 15.7. The lowest BCUT2D eigenvalue weighted by Gasteiger charge is -2.26. The van der Waals surface area contributed by atoms with E-state index in [2.05, 4.69) is 131 Å². The Morgan fingerprint density at radius 2 is 0.851 bits per heavy atom. The number of anilines is 3. The second-order valence-electron chi connectivity index (χ2n) is 11.7. The number of nitrogens with zero attached hydrogens (tertiary/aromatic N) is 2. The molecule has 6 aromatic carbocycles. The minimum atomic E-state index is 0.856. The van der Waals surface area contributed by atoms with E-state index in [0.29, 0.717) is 0 Å². The Hall–Kier alpha value is -6.39. The molecule has 0 unspecified atom stereocenters. The molecule has 0 N–H and O–H groups in total. The number of rotatable bonds is 6. The van der Waals surface area contributed by atoms with Gasteiger partial charge in [0.05, 0.1) is 5.52 Å². The highest BCUT2D eigenvalue weighted by Crippen LogP contribution is 2.39. The van der Waals surface area contributed by atoms with Crippen LogP contribution in [0.1, 0.15) is 0 Å². The Morgan fingerprint density at radius 1 is 0.383 bits per heavy atom. The smallest absolute Gasteiger partial charge is 0.135 e. The summed E-state index contributed by atoms with van der Waals surface area (Å²) in [5.74, 6) is 1.71. The van der Waals surface area contributed by atoms with Gasteiger partial charge in [-0.25, -0.2) is 0 Å². The molecule has 4 heteroatoms. The van der Waals surface area contributed by atoms with Crippen LogP contribution in [0.3, 0.4) is 0 Å². The maximum atomic E-state index is 6.16. The van der Waals surface area contributed by atoms with Gasteiger partial charge in [-0.2, -0.15) is 0 Å². The average molecular weight is 605 g/mol. The average Bonchev–Trinajstić information content (AvgIpc) is 3.78. The first-order valence-electron chi connectivity index (χ1n) is 15.7. The number of benzene rings is 6. The van der Waals surface area contributed by atoms with Crippen molar-refractivity contribution in [2.24, 2.45) is 0 Å². The molecular weight excluding hydrogens is 576 g/mol.